The first-order chi connectivity index (χ1) is 8.10. The lowest BCUT2D eigenvalue weighted by Gasteiger charge is -2.35. The predicted molar refractivity (Wildman–Crippen MR) is 69.6 cm³/mol. The molecule has 4 heteroatoms. The Morgan fingerprint density at radius 2 is 2.06 bits per heavy atom. The van der Waals surface area contributed by atoms with Gasteiger partial charge in [0.15, 0.2) is 0 Å². The van der Waals surface area contributed by atoms with Gasteiger partial charge >= 0.3 is 0 Å². The van der Waals surface area contributed by atoms with E-state index in [1.165, 1.54) is 4.88 Å². The lowest BCUT2D eigenvalue weighted by Crippen LogP contribution is -2.48. The van der Waals surface area contributed by atoms with E-state index in [1.807, 2.05) is 30.9 Å². The SMILES string of the molecule is CCc1ccc(C(=O)N2C[C@@H](C)O[C@H](C)C2)s1. The third-order valence-corrected chi connectivity index (χ3v) is 4.15. The fourth-order valence-corrected chi connectivity index (χ4v) is 3.10. The summed E-state index contributed by atoms with van der Waals surface area (Å²) in [5.74, 6) is 0.150. The molecular weight excluding hydrogens is 234 g/mol. The first-order valence-corrected chi connectivity index (χ1v) is 6.95. The van der Waals surface area contributed by atoms with Crippen LogP contribution in [0.3, 0.4) is 0 Å². The molecule has 0 spiro atoms. The molecule has 0 radical (unpaired) electrons. The van der Waals surface area contributed by atoms with Crippen LogP contribution in [0.25, 0.3) is 0 Å². The number of carbonyl (C=O) groups excluding carboxylic acids is 1. The molecule has 0 aliphatic carbocycles. The Hall–Kier alpha value is -0.870. The third kappa shape index (κ3) is 2.87. The average Bonchev–Trinajstić information content (AvgIpc) is 2.75. The summed E-state index contributed by atoms with van der Waals surface area (Å²) in [4.78, 5) is 16.3. The molecule has 1 aromatic heterocycles. The zero-order chi connectivity index (χ0) is 12.4. The summed E-state index contributed by atoms with van der Waals surface area (Å²) in [7, 11) is 0. The first kappa shape index (κ1) is 12.6. The number of hydrogen-bond donors (Lipinski definition) is 0. The van der Waals surface area contributed by atoms with Crippen LogP contribution in [-0.2, 0) is 11.2 Å². The van der Waals surface area contributed by atoms with Gasteiger partial charge in [0, 0.05) is 18.0 Å². The van der Waals surface area contributed by atoms with Crippen molar-refractivity contribution in [3.63, 3.8) is 0 Å². The summed E-state index contributed by atoms with van der Waals surface area (Å²) in [6.45, 7) is 7.54. The van der Waals surface area contributed by atoms with Gasteiger partial charge in [-0.15, -0.1) is 11.3 Å². The molecule has 1 aliphatic rings. The molecule has 17 heavy (non-hydrogen) atoms. The molecule has 94 valence electrons. The topological polar surface area (TPSA) is 29.5 Å². The van der Waals surface area contributed by atoms with E-state index in [-0.39, 0.29) is 18.1 Å². The molecule has 1 aliphatic heterocycles. The van der Waals surface area contributed by atoms with Crippen molar-refractivity contribution in [2.75, 3.05) is 13.1 Å². The van der Waals surface area contributed by atoms with Crippen molar-refractivity contribution in [1.82, 2.24) is 4.90 Å². The van der Waals surface area contributed by atoms with Crippen molar-refractivity contribution in [2.24, 2.45) is 0 Å². The van der Waals surface area contributed by atoms with Crippen LogP contribution in [0, 0.1) is 0 Å². The monoisotopic (exact) mass is 253 g/mol. The minimum atomic E-state index is 0.133. The molecule has 2 atom stereocenters. The molecule has 1 fully saturated rings. The molecule has 3 nitrogen and oxygen atoms in total. The van der Waals surface area contributed by atoms with Gasteiger partial charge in [-0.1, -0.05) is 6.92 Å². The van der Waals surface area contributed by atoms with Gasteiger partial charge in [0.1, 0.15) is 0 Å². The number of rotatable bonds is 2. The van der Waals surface area contributed by atoms with Gasteiger partial charge in [0.25, 0.3) is 5.91 Å². The largest absolute Gasteiger partial charge is 0.372 e. The van der Waals surface area contributed by atoms with Gasteiger partial charge in [-0.25, -0.2) is 0 Å². The molecule has 0 bridgehead atoms. The van der Waals surface area contributed by atoms with E-state index in [0.717, 1.165) is 11.3 Å². The van der Waals surface area contributed by atoms with Crippen molar-refractivity contribution in [3.05, 3.63) is 21.9 Å². The lowest BCUT2D eigenvalue weighted by atomic mass is 10.2. The number of morpholine rings is 1. The summed E-state index contributed by atoms with van der Waals surface area (Å²) < 4.78 is 5.64. The number of ether oxygens (including phenoxy) is 1. The number of nitrogens with zero attached hydrogens (tertiary/aromatic N) is 1. The van der Waals surface area contributed by atoms with E-state index >= 15 is 0 Å². The Kier molecular flexibility index (Phi) is 3.84. The lowest BCUT2D eigenvalue weighted by molar-refractivity contribution is -0.0585. The van der Waals surface area contributed by atoms with Crippen LogP contribution in [0.4, 0.5) is 0 Å². The second kappa shape index (κ2) is 5.19. The second-order valence-corrected chi connectivity index (χ2v) is 5.76. The Balaban J connectivity index is 2.08. The van der Waals surface area contributed by atoms with Gasteiger partial charge in [-0.2, -0.15) is 0 Å². The maximum atomic E-state index is 12.3. The van der Waals surface area contributed by atoms with E-state index in [2.05, 4.69) is 6.92 Å². The van der Waals surface area contributed by atoms with Crippen molar-refractivity contribution in [3.8, 4) is 0 Å². The number of amides is 1. The minimum Gasteiger partial charge on any atom is -0.372 e. The molecular formula is C13H19NO2S. The van der Waals surface area contributed by atoms with Crippen LogP contribution in [0.5, 0.6) is 0 Å². The maximum Gasteiger partial charge on any atom is 0.264 e. The minimum absolute atomic E-state index is 0.133. The van der Waals surface area contributed by atoms with E-state index in [1.54, 1.807) is 11.3 Å². The second-order valence-electron chi connectivity index (χ2n) is 4.59. The summed E-state index contributed by atoms with van der Waals surface area (Å²) in [6, 6.07) is 3.99. The Labute approximate surface area is 106 Å². The van der Waals surface area contributed by atoms with Crippen LogP contribution in [0.2, 0.25) is 0 Å². The van der Waals surface area contributed by atoms with E-state index < -0.39 is 0 Å². The zero-order valence-electron chi connectivity index (χ0n) is 10.6. The number of carbonyl (C=O) groups is 1. The first-order valence-electron chi connectivity index (χ1n) is 6.13. The third-order valence-electron chi connectivity index (χ3n) is 2.93. The molecule has 0 saturated carbocycles. The van der Waals surface area contributed by atoms with Gasteiger partial charge in [-0.05, 0) is 32.4 Å². The van der Waals surface area contributed by atoms with Crippen LogP contribution >= 0.6 is 11.3 Å². The highest BCUT2D eigenvalue weighted by atomic mass is 32.1. The van der Waals surface area contributed by atoms with E-state index in [9.17, 15) is 4.79 Å². The van der Waals surface area contributed by atoms with Crippen LogP contribution in [-0.4, -0.2) is 36.1 Å². The van der Waals surface area contributed by atoms with Crippen LogP contribution in [0.1, 0.15) is 35.3 Å². The average molecular weight is 253 g/mol. The summed E-state index contributed by atoms with van der Waals surface area (Å²) in [5.41, 5.74) is 0. The molecule has 2 rings (SSSR count). The smallest absolute Gasteiger partial charge is 0.264 e. The van der Waals surface area contributed by atoms with E-state index in [4.69, 9.17) is 4.74 Å². The van der Waals surface area contributed by atoms with Gasteiger partial charge in [-0.3, -0.25) is 4.79 Å². The van der Waals surface area contributed by atoms with Gasteiger partial charge in [0.2, 0.25) is 0 Å². The normalized spacial score (nSPS) is 25.0. The number of aryl methyl sites for hydroxylation is 1. The summed E-state index contributed by atoms with van der Waals surface area (Å²) >= 11 is 1.61. The summed E-state index contributed by atoms with van der Waals surface area (Å²) in [6.07, 6.45) is 1.26. The Bertz CT molecular complexity index is 392. The van der Waals surface area contributed by atoms with Crippen molar-refractivity contribution in [1.29, 1.82) is 0 Å². The zero-order valence-corrected chi connectivity index (χ0v) is 11.4. The highest BCUT2D eigenvalue weighted by Crippen LogP contribution is 2.21. The molecule has 0 aromatic carbocycles. The maximum absolute atomic E-state index is 12.3. The molecule has 1 saturated heterocycles. The fraction of sp³-hybridized carbons (Fsp3) is 0.615. The fourth-order valence-electron chi connectivity index (χ4n) is 2.18. The standard InChI is InChI=1S/C13H19NO2S/c1-4-11-5-6-12(17-11)13(15)14-7-9(2)16-10(3)8-14/h5-6,9-10H,4,7-8H2,1-3H3/t9-,10-/m1/s1. The van der Waals surface area contributed by atoms with Crippen LogP contribution < -0.4 is 0 Å². The van der Waals surface area contributed by atoms with Crippen LogP contribution in [0.15, 0.2) is 12.1 Å². The Morgan fingerprint density at radius 1 is 1.41 bits per heavy atom. The van der Waals surface area contributed by atoms with Gasteiger partial charge in [0.05, 0.1) is 17.1 Å². The molecule has 2 heterocycles. The van der Waals surface area contributed by atoms with Crippen molar-refractivity contribution in [2.45, 2.75) is 39.4 Å². The quantitative estimate of drug-likeness (QED) is 0.810. The number of thiophene rings is 1. The summed E-state index contributed by atoms with van der Waals surface area (Å²) in [5, 5.41) is 0. The molecule has 1 amide bonds. The predicted octanol–water partition coefficient (Wildman–Crippen LogP) is 2.56. The van der Waals surface area contributed by atoms with Crippen molar-refractivity contribution >= 4 is 17.2 Å². The molecule has 1 aromatic rings. The Morgan fingerprint density at radius 3 is 2.59 bits per heavy atom. The molecule has 0 N–H and O–H groups in total. The number of hydrogen-bond acceptors (Lipinski definition) is 3. The highest BCUT2D eigenvalue weighted by Gasteiger charge is 2.27. The van der Waals surface area contributed by atoms with E-state index in [0.29, 0.717) is 13.1 Å². The molecule has 0 unspecified atom stereocenters. The van der Waals surface area contributed by atoms with Crippen molar-refractivity contribution < 1.29 is 9.53 Å². The highest BCUT2D eigenvalue weighted by molar-refractivity contribution is 7.14. The van der Waals surface area contributed by atoms with Gasteiger partial charge < -0.3 is 9.64 Å².